The van der Waals surface area contributed by atoms with Crippen LogP contribution in [0.5, 0.6) is 0 Å². The summed E-state index contributed by atoms with van der Waals surface area (Å²) in [5.41, 5.74) is 0. The van der Waals surface area contributed by atoms with E-state index >= 15 is 0 Å². The van der Waals surface area contributed by atoms with Crippen LogP contribution in [0.15, 0.2) is 17.5 Å². The summed E-state index contributed by atoms with van der Waals surface area (Å²) in [5, 5.41) is 5.56. The van der Waals surface area contributed by atoms with Crippen molar-refractivity contribution in [3.05, 3.63) is 22.4 Å². The van der Waals surface area contributed by atoms with Crippen molar-refractivity contribution < 1.29 is 4.79 Å². The summed E-state index contributed by atoms with van der Waals surface area (Å²) in [4.78, 5) is 13.1. The SMILES string of the molecule is Cl.O=C(c1cccs1)C1CC2CCC(C1)N2. The molecule has 2 fully saturated rings. The zero-order chi connectivity index (χ0) is 10.3. The molecule has 1 aromatic rings. The maximum Gasteiger partial charge on any atom is 0.175 e. The van der Waals surface area contributed by atoms with Crippen LogP contribution in [0.4, 0.5) is 0 Å². The predicted octanol–water partition coefficient (Wildman–Crippen LogP) is 2.88. The zero-order valence-corrected chi connectivity index (χ0v) is 10.7. The molecule has 0 saturated carbocycles. The molecule has 2 aliphatic rings. The number of carbonyl (C=O) groups excluding carboxylic acids is 1. The molecule has 0 spiro atoms. The highest BCUT2D eigenvalue weighted by Crippen LogP contribution is 2.33. The molecule has 16 heavy (non-hydrogen) atoms. The molecule has 2 aliphatic heterocycles. The van der Waals surface area contributed by atoms with Crippen molar-refractivity contribution in [3.8, 4) is 0 Å². The number of thiophene rings is 1. The number of rotatable bonds is 2. The van der Waals surface area contributed by atoms with Gasteiger partial charge in [0.2, 0.25) is 0 Å². The lowest BCUT2D eigenvalue weighted by Crippen LogP contribution is -2.40. The van der Waals surface area contributed by atoms with E-state index < -0.39 is 0 Å². The fraction of sp³-hybridized carbons (Fsp3) is 0.583. The second-order valence-corrected chi connectivity index (χ2v) is 5.60. The van der Waals surface area contributed by atoms with Crippen molar-refractivity contribution >= 4 is 29.5 Å². The maximum atomic E-state index is 12.2. The fourth-order valence-electron chi connectivity index (χ4n) is 2.89. The molecule has 1 aromatic heterocycles. The summed E-state index contributed by atoms with van der Waals surface area (Å²) in [5.74, 6) is 0.658. The van der Waals surface area contributed by atoms with Crippen molar-refractivity contribution in [1.29, 1.82) is 0 Å². The Morgan fingerprint density at radius 3 is 2.56 bits per heavy atom. The average molecular weight is 258 g/mol. The number of piperidine rings is 1. The molecular weight excluding hydrogens is 242 g/mol. The number of halogens is 1. The van der Waals surface area contributed by atoms with Crippen LogP contribution in [0.1, 0.15) is 35.4 Å². The minimum atomic E-state index is 0. The normalized spacial score (nSPS) is 32.1. The number of fused-ring (bicyclic) bond motifs is 2. The van der Waals surface area contributed by atoms with Crippen LogP contribution < -0.4 is 5.32 Å². The Hall–Kier alpha value is -0.380. The third-order valence-electron chi connectivity index (χ3n) is 3.61. The van der Waals surface area contributed by atoms with Crippen LogP contribution in [0.25, 0.3) is 0 Å². The molecule has 2 atom stereocenters. The Bertz CT molecular complexity index is 353. The van der Waals surface area contributed by atoms with E-state index in [0.717, 1.165) is 17.7 Å². The monoisotopic (exact) mass is 257 g/mol. The lowest BCUT2D eigenvalue weighted by atomic mass is 9.88. The molecule has 0 aromatic carbocycles. The third kappa shape index (κ3) is 2.17. The minimum Gasteiger partial charge on any atom is -0.311 e. The molecule has 2 unspecified atom stereocenters. The first kappa shape index (κ1) is 12.1. The van der Waals surface area contributed by atoms with E-state index in [2.05, 4.69) is 5.32 Å². The van der Waals surface area contributed by atoms with Crippen LogP contribution in [-0.2, 0) is 0 Å². The largest absolute Gasteiger partial charge is 0.311 e. The Morgan fingerprint density at radius 2 is 2.00 bits per heavy atom. The van der Waals surface area contributed by atoms with Gasteiger partial charge in [0.05, 0.1) is 4.88 Å². The number of nitrogens with one attached hydrogen (secondary N) is 1. The topological polar surface area (TPSA) is 29.1 Å². The van der Waals surface area contributed by atoms with Gasteiger partial charge in [-0.05, 0) is 37.1 Å². The van der Waals surface area contributed by atoms with Gasteiger partial charge in [0.1, 0.15) is 0 Å². The summed E-state index contributed by atoms with van der Waals surface area (Å²) in [6.45, 7) is 0. The summed E-state index contributed by atoms with van der Waals surface area (Å²) in [6.07, 6.45) is 4.62. The Balaban J connectivity index is 0.000000963. The lowest BCUT2D eigenvalue weighted by molar-refractivity contribution is 0.0880. The molecule has 88 valence electrons. The molecule has 3 heterocycles. The van der Waals surface area contributed by atoms with E-state index in [-0.39, 0.29) is 18.3 Å². The van der Waals surface area contributed by atoms with Gasteiger partial charge in [-0.3, -0.25) is 4.79 Å². The van der Waals surface area contributed by atoms with Gasteiger partial charge in [-0.25, -0.2) is 0 Å². The zero-order valence-electron chi connectivity index (χ0n) is 9.02. The van der Waals surface area contributed by atoms with Crippen LogP contribution >= 0.6 is 23.7 Å². The highest BCUT2D eigenvalue weighted by molar-refractivity contribution is 7.12. The van der Waals surface area contributed by atoms with E-state index in [0.29, 0.717) is 17.9 Å². The molecule has 3 rings (SSSR count). The van der Waals surface area contributed by atoms with Gasteiger partial charge in [0.15, 0.2) is 5.78 Å². The van der Waals surface area contributed by atoms with Gasteiger partial charge in [-0.1, -0.05) is 6.07 Å². The van der Waals surface area contributed by atoms with E-state index in [1.165, 1.54) is 12.8 Å². The molecule has 0 amide bonds. The van der Waals surface area contributed by atoms with Crippen molar-refractivity contribution in [2.45, 2.75) is 37.8 Å². The molecule has 4 heteroatoms. The smallest absolute Gasteiger partial charge is 0.175 e. The molecule has 0 radical (unpaired) electrons. The van der Waals surface area contributed by atoms with Gasteiger partial charge < -0.3 is 5.32 Å². The van der Waals surface area contributed by atoms with Crippen LogP contribution in [0.2, 0.25) is 0 Å². The predicted molar refractivity (Wildman–Crippen MR) is 68.6 cm³/mol. The highest BCUT2D eigenvalue weighted by Gasteiger charge is 2.36. The standard InChI is InChI=1S/C12H15NOS.ClH/c14-12(11-2-1-5-15-11)8-6-9-3-4-10(7-8)13-9;/h1-2,5,8-10,13H,3-4,6-7H2;1H. The number of ketones is 1. The summed E-state index contributed by atoms with van der Waals surface area (Å²) < 4.78 is 0. The first-order valence-corrected chi connectivity index (χ1v) is 6.54. The lowest BCUT2D eigenvalue weighted by Gasteiger charge is -2.27. The van der Waals surface area contributed by atoms with Crippen LogP contribution in [0, 0.1) is 5.92 Å². The van der Waals surface area contributed by atoms with Gasteiger partial charge in [-0.2, -0.15) is 0 Å². The highest BCUT2D eigenvalue weighted by atomic mass is 35.5. The van der Waals surface area contributed by atoms with Gasteiger partial charge in [0, 0.05) is 18.0 Å². The quantitative estimate of drug-likeness (QED) is 0.826. The fourth-order valence-corrected chi connectivity index (χ4v) is 3.63. The summed E-state index contributed by atoms with van der Waals surface area (Å²) in [7, 11) is 0. The van der Waals surface area contributed by atoms with E-state index in [1.54, 1.807) is 11.3 Å². The van der Waals surface area contributed by atoms with Gasteiger partial charge in [0.25, 0.3) is 0 Å². The number of hydrogen-bond acceptors (Lipinski definition) is 3. The van der Waals surface area contributed by atoms with Gasteiger partial charge >= 0.3 is 0 Å². The molecule has 2 nitrogen and oxygen atoms in total. The Labute approximate surface area is 106 Å². The van der Waals surface area contributed by atoms with Crippen molar-refractivity contribution in [3.63, 3.8) is 0 Å². The van der Waals surface area contributed by atoms with Gasteiger partial charge in [-0.15, -0.1) is 23.7 Å². The van der Waals surface area contributed by atoms with E-state index in [9.17, 15) is 4.79 Å². The second kappa shape index (κ2) is 4.86. The second-order valence-electron chi connectivity index (χ2n) is 4.65. The number of Topliss-reactive ketones (excluding diaryl/α,β-unsaturated/α-hetero) is 1. The molecular formula is C12H16ClNOS. The number of hydrogen-bond donors (Lipinski definition) is 1. The Morgan fingerprint density at radius 1 is 1.31 bits per heavy atom. The average Bonchev–Trinajstić information content (AvgIpc) is 2.87. The Kier molecular flexibility index (Phi) is 3.67. The van der Waals surface area contributed by atoms with Crippen molar-refractivity contribution in [2.75, 3.05) is 0 Å². The number of carbonyl (C=O) groups is 1. The van der Waals surface area contributed by atoms with Crippen molar-refractivity contribution in [2.24, 2.45) is 5.92 Å². The summed E-state index contributed by atoms with van der Waals surface area (Å²) >= 11 is 1.58. The first-order chi connectivity index (χ1) is 7.33. The minimum absolute atomic E-state index is 0. The molecule has 0 aliphatic carbocycles. The molecule has 1 N–H and O–H groups in total. The van der Waals surface area contributed by atoms with E-state index in [4.69, 9.17) is 0 Å². The summed E-state index contributed by atoms with van der Waals surface area (Å²) in [6, 6.07) is 5.14. The van der Waals surface area contributed by atoms with Crippen molar-refractivity contribution in [1.82, 2.24) is 5.32 Å². The maximum absolute atomic E-state index is 12.2. The van der Waals surface area contributed by atoms with Crippen LogP contribution in [0.3, 0.4) is 0 Å². The molecule has 2 bridgehead atoms. The third-order valence-corrected chi connectivity index (χ3v) is 4.49. The van der Waals surface area contributed by atoms with Crippen LogP contribution in [-0.4, -0.2) is 17.9 Å². The van der Waals surface area contributed by atoms with E-state index in [1.807, 2.05) is 17.5 Å². The molecule has 2 saturated heterocycles. The first-order valence-electron chi connectivity index (χ1n) is 5.66.